The Balaban J connectivity index is 0.00000169. The van der Waals surface area contributed by atoms with E-state index in [2.05, 4.69) is 5.32 Å². The van der Waals surface area contributed by atoms with Gasteiger partial charge in [-0.1, -0.05) is 0 Å². The van der Waals surface area contributed by atoms with Crippen molar-refractivity contribution in [3.63, 3.8) is 0 Å². The number of hydrogen-bond acceptors (Lipinski definition) is 2. The van der Waals surface area contributed by atoms with Crippen molar-refractivity contribution in [3.05, 3.63) is 0 Å². The van der Waals surface area contributed by atoms with Crippen molar-refractivity contribution in [3.8, 4) is 0 Å². The zero-order valence-electron chi connectivity index (χ0n) is 8.82. The Morgan fingerprint density at radius 3 is 2.36 bits per heavy atom. The predicted octanol–water partition coefficient (Wildman–Crippen LogP) is 0.949. The molecule has 1 aliphatic heterocycles. The number of nitrogens with one attached hydrogen (secondary N) is 1. The van der Waals surface area contributed by atoms with E-state index >= 15 is 0 Å². The molecule has 0 aromatic carbocycles. The molecule has 0 saturated carbocycles. The summed E-state index contributed by atoms with van der Waals surface area (Å²) >= 11 is 0. The van der Waals surface area contributed by atoms with Gasteiger partial charge in [0, 0.05) is 25.2 Å². The molecule has 1 aliphatic rings. The minimum atomic E-state index is 0. The zero-order valence-corrected chi connectivity index (χ0v) is 9.64. The fourth-order valence-corrected chi connectivity index (χ4v) is 1.44. The average Bonchev–Trinajstić information content (AvgIpc) is 2.04. The van der Waals surface area contributed by atoms with Crippen LogP contribution in [0.15, 0.2) is 0 Å². The summed E-state index contributed by atoms with van der Waals surface area (Å²) in [6.07, 6.45) is 1.84. The fourth-order valence-electron chi connectivity index (χ4n) is 1.44. The molecule has 1 rings (SSSR count). The van der Waals surface area contributed by atoms with Gasteiger partial charge < -0.3 is 16.0 Å². The largest absolute Gasteiger partial charge is 0.336 e. The van der Waals surface area contributed by atoms with Gasteiger partial charge in [-0.3, -0.25) is 0 Å². The van der Waals surface area contributed by atoms with Gasteiger partial charge in [-0.25, -0.2) is 4.79 Å². The normalized spacial score (nSPS) is 17.9. The molecule has 0 unspecified atom stereocenters. The van der Waals surface area contributed by atoms with E-state index in [4.69, 9.17) is 5.73 Å². The van der Waals surface area contributed by atoms with Crippen LogP contribution in [0.3, 0.4) is 0 Å². The third kappa shape index (κ3) is 4.15. The molecule has 1 heterocycles. The lowest BCUT2D eigenvalue weighted by molar-refractivity contribution is 0.179. The first-order valence-corrected chi connectivity index (χ1v) is 4.90. The molecule has 4 nitrogen and oxygen atoms in total. The van der Waals surface area contributed by atoms with Crippen LogP contribution in [0.5, 0.6) is 0 Å². The highest BCUT2D eigenvalue weighted by Crippen LogP contribution is 2.07. The van der Waals surface area contributed by atoms with Gasteiger partial charge >= 0.3 is 6.03 Å². The number of likely N-dealkylation sites (tertiary alicyclic amines) is 1. The summed E-state index contributed by atoms with van der Waals surface area (Å²) in [7, 11) is 0. The van der Waals surface area contributed by atoms with Crippen LogP contribution in [0.2, 0.25) is 0 Å². The molecule has 1 fully saturated rings. The lowest BCUT2D eigenvalue weighted by atomic mass is 10.1. The summed E-state index contributed by atoms with van der Waals surface area (Å²) in [5, 5.41) is 2.87. The maximum absolute atomic E-state index is 11.5. The molecule has 5 heteroatoms. The number of amides is 2. The second-order valence-electron chi connectivity index (χ2n) is 3.93. The summed E-state index contributed by atoms with van der Waals surface area (Å²) in [6.45, 7) is 5.51. The Labute approximate surface area is 91.6 Å². The van der Waals surface area contributed by atoms with E-state index in [1.165, 1.54) is 0 Å². The minimum Gasteiger partial charge on any atom is -0.336 e. The topological polar surface area (TPSA) is 58.4 Å². The van der Waals surface area contributed by atoms with E-state index in [0.717, 1.165) is 25.9 Å². The van der Waals surface area contributed by atoms with Crippen LogP contribution in [0.1, 0.15) is 26.7 Å². The van der Waals surface area contributed by atoms with Crippen LogP contribution in [0.4, 0.5) is 4.79 Å². The van der Waals surface area contributed by atoms with Crippen LogP contribution < -0.4 is 11.1 Å². The van der Waals surface area contributed by atoms with Gasteiger partial charge in [0.15, 0.2) is 0 Å². The number of hydrogen-bond donors (Lipinski definition) is 2. The number of carbonyl (C=O) groups is 1. The van der Waals surface area contributed by atoms with Gasteiger partial charge in [-0.05, 0) is 26.7 Å². The molecule has 0 aliphatic carbocycles. The van der Waals surface area contributed by atoms with Gasteiger partial charge in [-0.2, -0.15) is 0 Å². The Morgan fingerprint density at radius 2 is 1.93 bits per heavy atom. The van der Waals surface area contributed by atoms with Crippen LogP contribution >= 0.6 is 12.4 Å². The summed E-state index contributed by atoms with van der Waals surface area (Å²) < 4.78 is 0. The molecule has 0 radical (unpaired) electrons. The Bertz CT molecular complexity index is 179. The second-order valence-corrected chi connectivity index (χ2v) is 3.93. The van der Waals surface area contributed by atoms with E-state index in [-0.39, 0.29) is 30.5 Å². The highest BCUT2D eigenvalue weighted by molar-refractivity contribution is 5.85. The SMILES string of the molecule is CC(C)NC(=O)N1CCC(N)CC1.Cl. The number of rotatable bonds is 1. The average molecular weight is 222 g/mol. The summed E-state index contributed by atoms with van der Waals surface area (Å²) in [4.78, 5) is 13.3. The van der Waals surface area contributed by atoms with Crippen molar-refractivity contribution in [2.24, 2.45) is 5.73 Å². The molecular formula is C9H20ClN3O. The maximum Gasteiger partial charge on any atom is 0.317 e. The number of carbonyl (C=O) groups excluding carboxylic acids is 1. The van der Waals surface area contributed by atoms with E-state index in [9.17, 15) is 4.79 Å². The third-order valence-electron chi connectivity index (χ3n) is 2.24. The third-order valence-corrected chi connectivity index (χ3v) is 2.24. The molecule has 1 saturated heterocycles. The maximum atomic E-state index is 11.5. The number of halogens is 1. The molecular weight excluding hydrogens is 202 g/mol. The molecule has 3 N–H and O–H groups in total. The lowest BCUT2D eigenvalue weighted by Crippen LogP contribution is -2.48. The number of nitrogens with two attached hydrogens (primary N) is 1. The van der Waals surface area contributed by atoms with E-state index < -0.39 is 0 Å². The molecule has 0 bridgehead atoms. The number of nitrogens with zero attached hydrogens (tertiary/aromatic N) is 1. The fraction of sp³-hybridized carbons (Fsp3) is 0.889. The first kappa shape index (κ1) is 13.5. The van der Waals surface area contributed by atoms with Gasteiger partial charge in [-0.15, -0.1) is 12.4 Å². The number of urea groups is 1. The number of piperidine rings is 1. The van der Waals surface area contributed by atoms with Crippen molar-refractivity contribution in [2.45, 2.75) is 38.8 Å². The molecule has 0 aromatic heterocycles. The smallest absolute Gasteiger partial charge is 0.317 e. The molecule has 14 heavy (non-hydrogen) atoms. The van der Waals surface area contributed by atoms with Crippen LogP contribution in [0.25, 0.3) is 0 Å². The summed E-state index contributed by atoms with van der Waals surface area (Å²) in [5.41, 5.74) is 5.74. The van der Waals surface area contributed by atoms with Crippen LogP contribution in [-0.2, 0) is 0 Å². The van der Waals surface area contributed by atoms with Crippen molar-refractivity contribution in [1.29, 1.82) is 0 Å². The molecule has 0 aromatic rings. The summed E-state index contributed by atoms with van der Waals surface area (Å²) in [5.74, 6) is 0. The Kier molecular flexibility index (Phi) is 5.88. The van der Waals surface area contributed by atoms with Crippen molar-refractivity contribution >= 4 is 18.4 Å². The van der Waals surface area contributed by atoms with Gasteiger partial charge in [0.05, 0.1) is 0 Å². The van der Waals surface area contributed by atoms with Gasteiger partial charge in [0.1, 0.15) is 0 Å². The molecule has 0 spiro atoms. The van der Waals surface area contributed by atoms with Crippen LogP contribution in [0, 0.1) is 0 Å². The zero-order chi connectivity index (χ0) is 9.84. The van der Waals surface area contributed by atoms with Gasteiger partial charge in [0.25, 0.3) is 0 Å². The van der Waals surface area contributed by atoms with Crippen molar-refractivity contribution in [1.82, 2.24) is 10.2 Å². The van der Waals surface area contributed by atoms with E-state index in [1.54, 1.807) is 0 Å². The Morgan fingerprint density at radius 1 is 1.43 bits per heavy atom. The lowest BCUT2D eigenvalue weighted by Gasteiger charge is -2.30. The Hall–Kier alpha value is -0.480. The highest BCUT2D eigenvalue weighted by atomic mass is 35.5. The molecule has 84 valence electrons. The predicted molar refractivity (Wildman–Crippen MR) is 59.7 cm³/mol. The first-order chi connectivity index (χ1) is 6.09. The highest BCUT2D eigenvalue weighted by Gasteiger charge is 2.20. The van der Waals surface area contributed by atoms with Crippen molar-refractivity contribution in [2.75, 3.05) is 13.1 Å². The van der Waals surface area contributed by atoms with E-state index in [1.807, 2.05) is 18.7 Å². The quantitative estimate of drug-likeness (QED) is 0.693. The summed E-state index contributed by atoms with van der Waals surface area (Å²) in [6, 6.07) is 0.535. The van der Waals surface area contributed by atoms with Crippen LogP contribution in [-0.4, -0.2) is 36.1 Å². The molecule has 0 atom stereocenters. The van der Waals surface area contributed by atoms with Gasteiger partial charge in [0.2, 0.25) is 0 Å². The first-order valence-electron chi connectivity index (χ1n) is 4.90. The van der Waals surface area contributed by atoms with Crippen molar-refractivity contribution < 1.29 is 4.79 Å². The monoisotopic (exact) mass is 221 g/mol. The van der Waals surface area contributed by atoms with E-state index in [0.29, 0.717) is 0 Å². The molecule has 2 amide bonds. The standard InChI is InChI=1S/C9H19N3O.ClH/c1-7(2)11-9(13)12-5-3-8(10)4-6-12;/h7-8H,3-6,10H2,1-2H3,(H,11,13);1H. The second kappa shape index (κ2) is 6.09. The minimum absolute atomic E-state index is 0.